The second-order valence-electron chi connectivity index (χ2n) is 9.56. The van der Waals surface area contributed by atoms with Crippen molar-refractivity contribution in [3.63, 3.8) is 0 Å². The Balaban J connectivity index is 1.05. The normalized spacial score (nSPS) is 21.7. The number of hydrogen-bond donors (Lipinski definition) is 0. The summed E-state index contributed by atoms with van der Waals surface area (Å²) < 4.78 is 5.67. The predicted octanol–water partition coefficient (Wildman–Crippen LogP) is 3.43. The van der Waals surface area contributed by atoms with Crippen molar-refractivity contribution in [1.82, 2.24) is 9.80 Å². The smallest absolute Gasteiger partial charge is 0.226 e. The molecule has 2 aromatic carbocycles. The number of ether oxygens (including phenoxy) is 1. The lowest BCUT2D eigenvalue weighted by Gasteiger charge is -2.37. The third-order valence-corrected chi connectivity index (χ3v) is 7.64. The molecule has 2 aliphatic heterocycles. The van der Waals surface area contributed by atoms with Gasteiger partial charge in [0.15, 0.2) is 0 Å². The Hall–Kier alpha value is -3.02. The van der Waals surface area contributed by atoms with Crippen LogP contribution in [0.5, 0.6) is 5.75 Å². The van der Waals surface area contributed by atoms with Crippen LogP contribution in [0.25, 0.3) is 0 Å². The Kier molecular flexibility index (Phi) is 6.25. The molecule has 1 spiro atoms. The van der Waals surface area contributed by atoms with E-state index in [0.717, 1.165) is 64.3 Å². The maximum Gasteiger partial charge on any atom is 0.226 e. The quantitative estimate of drug-likeness (QED) is 0.681. The van der Waals surface area contributed by atoms with Crippen LogP contribution in [0.15, 0.2) is 60.7 Å². The van der Waals surface area contributed by atoms with Gasteiger partial charge >= 0.3 is 0 Å². The molecular weight excluding hydrogens is 414 g/mol. The van der Waals surface area contributed by atoms with Gasteiger partial charge in [-0.2, -0.15) is 0 Å². The highest BCUT2D eigenvalue weighted by Crippen LogP contribution is 2.60. The summed E-state index contributed by atoms with van der Waals surface area (Å²) in [5.74, 6) is 1.44. The molecule has 6 nitrogen and oxygen atoms in total. The summed E-state index contributed by atoms with van der Waals surface area (Å²) in [6, 6.07) is 20.0. The predicted molar refractivity (Wildman–Crippen MR) is 128 cm³/mol. The van der Waals surface area contributed by atoms with Crippen molar-refractivity contribution < 1.29 is 14.3 Å². The number of likely N-dealkylation sites (tertiary alicyclic amines) is 1. The second kappa shape index (κ2) is 9.46. The Morgan fingerprint density at radius 3 is 2.12 bits per heavy atom. The Morgan fingerprint density at radius 1 is 0.818 bits per heavy atom. The molecule has 6 heteroatoms. The third kappa shape index (κ3) is 4.85. The Bertz CT molecular complexity index is 949. The molecule has 2 amide bonds. The van der Waals surface area contributed by atoms with Crippen molar-refractivity contribution in [3.8, 4) is 5.75 Å². The lowest BCUT2D eigenvalue weighted by molar-refractivity contribution is -0.135. The molecule has 1 saturated carbocycles. The summed E-state index contributed by atoms with van der Waals surface area (Å²) in [6.07, 6.45) is 3.27. The fraction of sp³-hybridized carbons (Fsp3) is 0.481. The van der Waals surface area contributed by atoms with Gasteiger partial charge in [-0.25, -0.2) is 0 Å². The molecule has 5 rings (SSSR count). The number of para-hydroxylation sites is 2. The van der Waals surface area contributed by atoms with E-state index in [-0.39, 0.29) is 17.2 Å². The number of nitrogens with zero attached hydrogens (tertiary/aromatic N) is 3. The fourth-order valence-corrected chi connectivity index (χ4v) is 5.43. The van der Waals surface area contributed by atoms with Crippen molar-refractivity contribution in [3.05, 3.63) is 60.7 Å². The van der Waals surface area contributed by atoms with E-state index >= 15 is 0 Å². The lowest BCUT2D eigenvalue weighted by Crippen LogP contribution is -2.50. The average Bonchev–Trinajstić information content (AvgIpc) is 3.58. The number of anilines is 1. The van der Waals surface area contributed by atoms with E-state index in [1.54, 1.807) is 0 Å². The fourth-order valence-electron chi connectivity index (χ4n) is 5.43. The molecule has 1 aliphatic carbocycles. The molecule has 1 atom stereocenters. The van der Waals surface area contributed by atoms with Gasteiger partial charge in [-0.15, -0.1) is 0 Å². The minimum absolute atomic E-state index is 0.130. The topological polar surface area (TPSA) is 53.1 Å². The molecule has 0 radical (unpaired) electrons. The first-order valence-electron chi connectivity index (χ1n) is 12.2. The summed E-state index contributed by atoms with van der Waals surface area (Å²) in [6.45, 7) is 5.30. The molecular formula is C27H33N3O3. The van der Waals surface area contributed by atoms with Gasteiger partial charge in [-0.3, -0.25) is 9.59 Å². The summed E-state index contributed by atoms with van der Waals surface area (Å²) in [4.78, 5) is 32.2. The van der Waals surface area contributed by atoms with Crippen molar-refractivity contribution in [2.75, 3.05) is 50.8 Å². The van der Waals surface area contributed by atoms with E-state index < -0.39 is 0 Å². The van der Waals surface area contributed by atoms with Crippen LogP contribution in [0, 0.1) is 11.3 Å². The van der Waals surface area contributed by atoms with E-state index in [0.29, 0.717) is 18.9 Å². The Labute approximate surface area is 196 Å². The van der Waals surface area contributed by atoms with Crippen LogP contribution in [0.3, 0.4) is 0 Å². The lowest BCUT2D eigenvalue weighted by atomic mass is 9.90. The zero-order valence-corrected chi connectivity index (χ0v) is 19.2. The molecule has 2 heterocycles. The molecule has 0 N–H and O–H groups in total. The monoisotopic (exact) mass is 447 g/mol. The molecule has 2 aromatic rings. The Morgan fingerprint density at radius 2 is 1.45 bits per heavy atom. The molecule has 3 fully saturated rings. The van der Waals surface area contributed by atoms with Crippen LogP contribution in [-0.4, -0.2) is 67.5 Å². The zero-order chi connectivity index (χ0) is 22.7. The standard InChI is InChI=1S/C27H33N3O3/c31-25(11-20-33-23-9-5-2-6-10-23)29-14-12-27(13-15-29)21-24(27)26(32)30-18-16-28(17-19-30)22-7-3-1-4-8-22/h1-10,24H,11-21H2/t24-/m0/s1. The van der Waals surface area contributed by atoms with Crippen LogP contribution in [0.4, 0.5) is 5.69 Å². The van der Waals surface area contributed by atoms with E-state index in [1.165, 1.54) is 5.69 Å². The number of carbonyl (C=O) groups excluding carboxylic acids is 2. The molecule has 33 heavy (non-hydrogen) atoms. The van der Waals surface area contributed by atoms with Crippen LogP contribution in [-0.2, 0) is 9.59 Å². The maximum absolute atomic E-state index is 13.2. The number of piperazine rings is 1. The highest BCUT2D eigenvalue weighted by molar-refractivity contribution is 5.83. The van der Waals surface area contributed by atoms with E-state index in [9.17, 15) is 9.59 Å². The van der Waals surface area contributed by atoms with Gasteiger partial charge in [0.05, 0.1) is 13.0 Å². The van der Waals surface area contributed by atoms with Gasteiger partial charge in [0.2, 0.25) is 11.8 Å². The highest BCUT2D eigenvalue weighted by Gasteiger charge is 2.59. The molecule has 0 unspecified atom stereocenters. The number of carbonyl (C=O) groups is 2. The van der Waals surface area contributed by atoms with Crippen molar-refractivity contribution >= 4 is 17.5 Å². The highest BCUT2D eigenvalue weighted by atomic mass is 16.5. The van der Waals surface area contributed by atoms with Gasteiger partial charge < -0.3 is 19.4 Å². The van der Waals surface area contributed by atoms with E-state index in [1.807, 2.05) is 41.3 Å². The third-order valence-electron chi connectivity index (χ3n) is 7.64. The molecule has 0 aromatic heterocycles. The molecule has 3 aliphatic rings. The van der Waals surface area contributed by atoms with Crippen LogP contribution >= 0.6 is 0 Å². The van der Waals surface area contributed by atoms with Crippen molar-refractivity contribution in [1.29, 1.82) is 0 Å². The summed E-state index contributed by atoms with van der Waals surface area (Å²) in [7, 11) is 0. The van der Waals surface area contributed by atoms with Gasteiger partial charge in [-0.1, -0.05) is 36.4 Å². The molecule has 174 valence electrons. The molecule has 0 bridgehead atoms. The van der Waals surface area contributed by atoms with Crippen molar-refractivity contribution in [2.24, 2.45) is 11.3 Å². The van der Waals surface area contributed by atoms with Gasteiger partial charge in [0, 0.05) is 50.9 Å². The summed E-state index contributed by atoms with van der Waals surface area (Å²) >= 11 is 0. The van der Waals surface area contributed by atoms with Crippen LogP contribution < -0.4 is 9.64 Å². The zero-order valence-electron chi connectivity index (χ0n) is 19.2. The average molecular weight is 448 g/mol. The minimum atomic E-state index is 0.130. The SMILES string of the molecule is O=C(CCOc1ccccc1)N1CCC2(CC1)C[C@H]2C(=O)N1CCN(c2ccccc2)CC1. The summed E-state index contributed by atoms with van der Waals surface area (Å²) in [5.41, 5.74) is 1.36. The number of benzene rings is 2. The first-order valence-corrected chi connectivity index (χ1v) is 12.2. The second-order valence-corrected chi connectivity index (χ2v) is 9.56. The van der Waals surface area contributed by atoms with Crippen LogP contribution in [0.1, 0.15) is 25.7 Å². The largest absolute Gasteiger partial charge is 0.493 e. The minimum Gasteiger partial charge on any atom is -0.493 e. The summed E-state index contributed by atoms with van der Waals surface area (Å²) in [5, 5.41) is 0. The molecule has 2 saturated heterocycles. The first-order chi connectivity index (χ1) is 16.1. The van der Waals surface area contributed by atoms with Gasteiger partial charge in [-0.05, 0) is 48.9 Å². The number of rotatable bonds is 6. The van der Waals surface area contributed by atoms with E-state index in [2.05, 4.69) is 34.1 Å². The van der Waals surface area contributed by atoms with Crippen LogP contribution in [0.2, 0.25) is 0 Å². The first kappa shape index (κ1) is 21.8. The van der Waals surface area contributed by atoms with Gasteiger partial charge in [0.25, 0.3) is 0 Å². The number of hydrogen-bond acceptors (Lipinski definition) is 4. The van der Waals surface area contributed by atoms with Gasteiger partial charge in [0.1, 0.15) is 5.75 Å². The van der Waals surface area contributed by atoms with Crippen molar-refractivity contribution in [2.45, 2.75) is 25.7 Å². The number of amides is 2. The maximum atomic E-state index is 13.2. The van der Waals surface area contributed by atoms with E-state index in [4.69, 9.17) is 4.74 Å². The number of piperidine rings is 1.